The summed E-state index contributed by atoms with van der Waals surface area (Å²) < 4.78 is 5.51. The third-order valence-corrected chi connectivity index (χ3v) is 6.94. The van der Waals surface area contributed by atoms with Gasteiger partial charge in [-0.05, 0) is 43.9 Å². The average molecular weight is 442 g/mol. The predicted octanol–water partition coefficient (Wildman–Crippen LogP) is 3.08. The molecule has 2 aliphatic heterocycles. The van der Waals surface area contributed by atoms with Crippen LogP contribution < -0.4 is 10.6 Å². The summed E-state index contributed by atoms with van der Waals surface area (Å²) in [5.74, 6) is 1.32. The van der Waals surface area contributed by atoms with Gasteiger partial charge in [-0.15, -0.1) is 0 Å². The third kappa shape index (κ3) is 6.23. The standard InChI is InChI=1S/C25H39N5O2/c1-2-26-25(30-12-11-23(19-30)29-13-15-32-16-14-29)27-18-20-7-6-10-22(17-20)28-24(31)21-8-4-3-5-9-21/h6-7,10,17,21,23H,2-5,8-9,11-16,18-19H2,1H3,(H,26,27)(H,28,31). The van der Waals surface area contributed by atoms with Crippen LogP contribution in [-0.4, -0.2) is 73.6 Å². The number of guanidine groups is 1. The van der Waals surface area contributed by atoms with E-state index in [1.54, 1.807) is 0 Å². The number of hydrogen-bond acceptors (Lipinski definition) is 4. The van der Waals surface area contributed by atoms with Crippen LogP contribution in [-0.2, 0) is 16.1 Å². The Balaban J connectivity index is 1.34. The van der Waals surface area contributed by atoms with E-state index in [-0.39, 0.29) is 11.8 Å². The van der Waals surface area contributed by atoms with Gasteiger partial charge in [-0.25, -0.2) is 4.99 Å². The highest BCUT2D eigenvalue weighted by molar-refractivity contribution is 5.92. The minimum atomic E-state index is 0.167. The molecule has 1 aromatic carbocycles. The molecular weight excluding hydrogens is 402 g/mol. The Morgan fingerprint density at radius 1 is 1.12 bits per heavy atom. The maximum atomic E-state index is 12.6. The first-order valence-corrected chi connectivity index (χ1v) is 12.5. The molecule has 1 amide bonds. The SMILES string of the molecule is CCNC(=NCc1cccc(NC(=O)C2CCCCC2)c1)N1CCC(N2CCOCC2)C1. The maximum Gasteiger partial charge on any atom is 0.227 e. The molecule has 32 heavy (non-hydrogen) atoms. The zero-order chi connectivity index (χ0) is 22.2. The minimum absolute atomic E-state index is 0.167. The quantitative estimate of drug-likeness (QED) is 0.525. The maximum absolute atomic E-state index is 12.6. The monoisotopic (exact) mass is 441 g/mol. The van der Waals surface area contributed by atoms with E-state index < -0.39 is 0 Å². The molecule has 0 bridgehead atoms. The second-order valence-electron chi connectivity index (χ2n) is 9.23. The minimum Gasteiger partial charge on any atom is -0.379 e. The summed E-state index contributed by atoms with van der Waals surface area (Å²) in [7, 11) is 0. The number of likely N-dealkylation sites (tertiary alicyclic amines) is 1. The summed E-state index contributed by atoms with van der Waals surface area (Å²) in [6.07, 6.45) is 6.81. The van der Waals surface area contributed by atoms with Gasteiger partial charge in [0, 0.05) is 50.4 Å². The van der Waals surface area contributed by atoms with E-state index in [1.165, 1.54) is 25.7 Å². The van der Waals surface area contributed by atoms with Crippen LogP contribution in [0.4, 0.5) is 5.69 Å². The zero-order valence-electron chi connectivity index (χ0n) is 19.5. The number of amides is 1. The molecule has 1 unspecified atom stereocenters. The molecule has 0 radical (unpaired) electrons. The summed E-state index contributed by atoms with van der Waals surface area (Å²) in [6, 6.07) is 8.73. The molecule has 3 aliphatic rings. The fourth-order valence-corrected chi connectivity index (χ4v) is 5.12. The second-order valence-corrected chi connectivity index (χ2v) is 9.23. The van der Waals surface area contributed by atoms with Gasteiger partial charge in [-0.2, -0.15) is 0 Å². The van der Waals surface area contributed by atoms with Gasteiger partial charge in [0.15, 0.2) is 5.96 Å². The number of hydrogen-bond donors (Lipinski definition) is 2. The van der Waals surface area contributed by atoms with Crippen molar-refractivity contribution in [2.24, 2.45) is 10.9 Å². The Bertz CT molecular complexity index is 771. The molecule has 1 saturated carbocycles. The van der Waals surface area contributed by atoms with Crippen LogP contribution in [0.1, 0.15) is 51.0 Å². The largest absolute Gasteiger partial charge is 0.379 e. The number of anilines is 1. The normalized spacial score (nSPS) is 23.3. The van der Waals surface area contributed by atoms with Crippen molar-refractivity contribution in [1.82, 2.24) is 15.1 Å². The number of benzene rings is 1. The van der Waals surface area contributed by atoms with Crippen molar-refractivity contribution in [3.05, 3.63) is 29.8 Å². The van der Waals surface area contributed by atoms with Crippen molar-refractivity contribution in [2.75, 3.05) is 51.3 Å². The van der Waals surface area contributed by atoms with Crippen LogP contribution in [0.25, 0.3) is 0 Å². The van der Waals surface area contributed by atoms with E-state index in [9.17, 15) is 4.79 Å². The lowest BCUT2D eigenvalue weighted by molar-refractivity contribution is -0.120. The first kappa shape index (κ1) is 23.1. The second kappa shape index (κ2) is 11.7. The molecule has 1 atom stereocenters. The van der Waals surface area contributed by atoms with E-state index in [1.807, 2.05) is 12.1 Å². The van der Waals surface area contributed by atoms with Crippen molar-refractivity contribution in [2.45, 2.75) is 58.0 Å². The van der Waals surface area contributed by atoms with Gasteiger partial charge >= 0.3 is 0 Å². The summed E-state index contributed by atoms with van der Waals surface area (Å²) in [5, 5.41) is 6.60. The molecule has 0 aromatic heterocycles. The van der Waals surface area contributed by atoms with E-state index in [2.05, 4.69) is 39.5 Å². The van der Waals surface area contributed by atoms with Crippen molar-refractivity contribution in [3.63, 3.8) is 0 Å². The summed E-state index contributed by atoms with van der Waals surface area (Å²) in [6.45, 7) is 9.39. The fourth-order valence-electron chi connectivity index (χ4n) is 5.12. The number of rotatable bonds is 6. The van der Waals surface area contributed by atoms with Crippen LogP contribution in [0.2, 0.25) is 0 Å². The Hall–Kier alpha value is -2.12. The van der Waals surface area contributed by atoms with Crippen LogP contribution in [0.15, 0.2) is 29.3 Å². The number of carbonyl (C=O) groups excluding carboxylic acids is 1. The van der Waals surface area contributed by atoms with Gasteiger partial charge in [0.2, 0.25) is 5.91 Å². The molecule has 1 aliphatic carbocycles. The van der Waals surface area contributed by atoms with Crippen molar-refractivity contribution < 1.29 is 9.53 Å². The zero-order valence-corrected chi connectivity index (χ0v) is 19.5. The number of aliphatic imine (C=N–C) groups is 1. The van der Waals surface area contributed by atoms with Crippen molar-refractivity contribution in [3.8, 4) is 0 Å². The first-order valence-electron chi connectivity index (χ1n) is 12.5. The molecule has 176 valence electrons. The molecule has 2 heterocycles. The molecular formula is C25H39N5O2. The molecule has 2 saturated heterocycles. The summed E-state index contributed by atoms with van der Waals surface area (Å²) in [5.41, 5.74) is 2.00. The van der Waals surface area contributed by atoms with Crippen LogP contribution in [0.3, 0.4) is 0 Å². The molecule has 2 N–H and O–H groups in total. The molecule has 7 heteroatoms. The number of ether oxygens (including phenoxy) is 1. The molecule has 0 spiro atoms. The van der Waals surface area contributed by atoms with Gasteiger partial charge in [-0.1, -0.05) is 31.4 Å². The number of nitrogens with zero attached hydrogens (tertiary/aromatic N) is 3. The highest BCUT2D eigenvalue weighted by Crippen LogP contribution is 2.25. The van der Waals surface area contributed by atoms with E-state index >= 15 is 0 Å². The lowest BCUT2D eigenvalue weighted by Crippen LogP contribution is -2.46. The Morgan fingerprint density at radius 3 is 2.72 bits per heavy atom. The molecule has 1 aromatic rings. The highest BCUT2D eigenvalue weighted by Gasteiger charge is 2.30. The topological polar surface area (TPSA) is 69.2 Å². The Kier molecular flexibility index (Phi) is 8.40. The predicted molar refractivity (Wildman–Crippen MR) is 129 cm³/mol. The molecule has 3 fully saturated rings. The molecule has 4 rings (SSSR count). The highest BCUT2D eigenvalue weighted by atomic mass is 16.5. The summed E-state index contributed by atoms with van der Waals surface area (Å²) in [4.78, 5) is 22.5. The van der Waals surface area contributed by atoms with Gasteiger partial charge < -0.3 is 20.3 Å². The van der Waals surface area contributed by atoms with Crippen LogP contribution in [0.5, 0.6) is 0 Å². The summed E-state index contributed by atoms with van der Waals surface area (Å²) >= 11 is 0. The van der Waals surface area contributed by atoms with E-state index in [0.717, 1.165) is 76.0 Å². The Morgan fingerprint density at radius 2 is 1.94 bits per heavy atom. The number of carbonyl (C=O) groups is 1. The van der Waals surface area contributed by atoms with E-state index in [0.29, 0.717) is 12.6 Å². The lowest BCUT2D eigenvalue weighted by atomic mass is 9.88. The first-order chi connectivity index (χ1) is 15.7. The smallest absolute Gasteiger partial charge is 0.227 e. The third-order valence-electron chi connectivity index (χ3n) is 6.94. The number of morpholine rings is 1. The average Bonchev–Trinajstić information content (AvgIpc) is 3.33. The number of nitrogens with one attached hydrogen (secondary N) is 2. The lowest BCUT2D eigenvalue weighted by Gasteiger charge is -2.32. The van der Waals surface area contributed by atoms with Crippen molar-refractivity contribution >= 4 is 17.6 Å². The van der Waals surface area contributed by atoms with Crippen molar-refractivity contribution in [1.29, 1.82) is 0 Å². The molecule has 7 nitrogen and oxygen atoms in total. The van der Waals surface area contributed by atoms with Gasteiger partial charge in [0.05, 0.1) is 19.8 Å². The van der Waals surface area contributed by atoms with Crippen LogP contribution >= 0.6 is 0 Å². The Labute approximate surface area is 192 Å². The fraction of sp³-hybridized carbons (Fsp3) is 0.680. The van der Waals surface area contributed by atoms with Gasteiger partial charge in [0.1, 0.15) is 0 Å². The van der Waals surface area contributed by atoms with E-state index in [4.69, 9.17) is 9.73 Å². The van der Waals surface area contributed by atoms with Gasteiger partial charge in [-0.3, -0.25) is 9.69 Å². The van der Waals surface area contributed by atoms with Crippen LogP contribution in [0, 0.1) is 5.92 Å². The van der Waals surface area contributed by atoms with Gasteiger partial charge in [0.25, 0.3) is 0 Å².